The van der Waals surface area contributed by atoms with Crippen LogP contribution in [0.4, 0.5) is 5.69 Å². The molecule has 29 heavy (non-hydrogen) atoms. The summed E-state index contributed by atoms with van der Waals surface area (Å²) in [6, 6.07) is 14.7. The minimum absolute atomic E-state index is 0.00848. The summed E-state index contributed by atoms with van der Waals surface area (Å²) >= 11 is 1.33. The van der Waals surface area contributed by atoms with Gasteiger partial charge in [0, 0.05) is 40.5 Å². The standard InChI is InChI=1S/C21H18N4O3S/c1-13(26)14-6-8-15(9-7-14)23-19(27)10-11-29-21-25-24-20(28-21)17-12-22-18-5-3-2-4-16(17)18/h2-9,12,22H,10-11H2,1H3,(H,23,27). The maximum Gasteiger partial charge on any atom is 0.276 e. The maximum atomic E-state index is 12.1. The van der Waals surface area contributed by atoms with E-state index in [2.05, 4.69) is 20.5 Å². The van der Waals surface area contributed by atoms with Crippen LogP contribution < -0.4 is 5.32 Å². The maximum absolute atomic E-state index is 12.1. The molecule has 2 N–H and O–H groups in total. The number of Topliss-reactive ketones (excluding diaryl/α,β-unsaturated/α-hetero) is 1. The second-order valence-corrected chi connectivity index (χ2v) is 7.45. The number of aromatic nitrogens is 3. The number of ketones is 1. The minimum atomic E-state index is -0.121. The molecule has 0 aliphatic heterocycles. The minimum Gasteiger partial charge on any atom is -0.411 e. The van der Waals surface area contributed by atoms with Crippen LogP contribution in [0.15, 0.2) is 64.4 Å². The smallest absolute Gasteiger partial charge is 0.276 e. The number of rotatable bonds is 7. The molecule has 4 rings (SSSR count). The van der Waals surface area contributed by atoms with E-state index >= 15 is 0 Å². The van der Waals surface area contributed by atoms with E-state index in [1.54, 1.807) is 24.3 Å². The van der Waals surface area contributed by atoms with Gasteiger partial charge >= 0.3 is 0 Å². The Kier molecular flexibility index (Phi) is 5.44. The molecule has 0 fully saturated rings. The van der Waals surface area contributed by atoms with E-state index in [0.717, 1.165) is 16.5 Å². The Hall–Kier alpha value is -3.39. The molecule has 0 aliphatic carbocycles. The number of fused-ring (bicyclic) bond motifs is 1. The van der Waals surface area contributed by atoms with Gasteiger partial charge < -0.3 is 14.7 Å². The van der Waals surface area contributed by atoms with Gasteiger partial charge in [-0.2, -0.15) is 0 Å². The summed E-state index contributed by atoms with van der Waals surface area (Å²) < 4.78 is 5.73. The second kappa shape index (κ2) is 8.32. The van der Waals surface area contributed by atoms with E-state index < -0.39 is 0 Å². The van der Waals surface area contributed by atoms with Crippen LogP contribution >= 0.6 is 11.8 Å². The van der Waals surface area contributed by atoms with E-state index in [4.69, 9.17) is 4.42 Å². The van der Waals surface area contributed by atoms with Crippen molar-refractivity contribution in [3.8, 4) is 11.5 Å². The summed E-state index contributed by atoms with van der Waals surface area (Å²) in [5.41, 5.74) is 3.12. The summed E-state index contributed by atoms with van der Waals surface area (Å²) in [4.78, 5) is 26.6. The van der Waals surface area contributed by atoms with E-state index in [9.17, 15) is 9.59 Å². The molecule has 0 bridgehead atoms. The van der Waals surface area contributed by atoms with Gasteiger partial charge in [-0.3, -0.25) is 9.59 Å². The third-order valence-electron chi connectivity index (χ3n) is 4.36. The lowest BCUT2D eigenvalue weighted by Gasteiger charge is -2.05. The molecule has 7 nitrogen and oxygen atoms in total. The van der Waals surface area contributed by atoms with Crippen molar-refractivity contribution < 1.29 is 14.0 Å². The summed E-state index contributed by atoms with van der Waals surface area (Å²) in [7, 11) is 0. The predicted octanol–water partition coefficient (Wildman–Crippen LogP) is 4.54. The van der Waals surface area contributed by atoms with Crippen molar-refractivity contribution in [2.45, 2.75) is 18.6 Å². The van der Waals surface area contributed by atoms with Gasteiger partial charge in [0.05, 0.1) is 5.56 Å². The largest absolute Gasteiger partial charge is 0.411 e. The highest BCUT2D eigenvalue weighted by Crippen LogP contribution is 2.29. The molecule has 2 aromatic heterocycles. The molecule has 2 heterocycles. The van der Waals surface area contributed by atoms with Gasteiger partial charge in [0.2, 0.25) is 5.91 Å². The summed E-state index contributed by atoms with van der Waals surface area (Å²) in [5.74, 6) is 0.822. The van der Waals surface area contributed by atoms with Crippen molar-refractivity contribution in [3.63, 3.8) is 0 Å². The SMILES string of the molecule is CC(=O)c1ccc(NC(=O)CCSc2nnc(-c3c[nH]c4ccccc34)o2)cc1. The number of aromatic amines is 1. The molecule has 0 unspecified atom stereocenters. The van der Waals surface area contributed by atoms with Gasteiger partial charge in [-0.25, -0.2) is 0 Å². The van der Waals surface area contributed by atoms with Gasteiger partial charge in [-0.15, -0.1) is 10.2 Å². The number of H-pyrrole nitrogens is 1. The van der Waals surface area contributed by atoms with Crippen LogP contribution in [0.25, 0.3) is 22.4 Å². The predicted molar refractivity (Wildman–Crippen MR) is 112 cm³/mol. The molecular formula is C21H18N4O3S. The highest BCUT2D eigenvalue weighted by atomic mass is 32.2. The van der Waals surface area contributed by atoms with Gasteiger partial charge in [0.25, 0.3) is 11.1 Å². The highest BCUT2D eigenvalue weighted by molar-refractivity contribution is 7.99. The lowest BCUT2D eigenvalue weighted by Crippen LogP contribution is -2.12. The number of carbonyl (C=O) groups is 2. The van der Waals surface area contributed by atoms with Crippen LogP contribution in [0, 0.1) is 0 Å². The zero-order chi connectivity index (χ0) is 20.2. The molecule has 4 aromatic rings. The molecule has 1 amide bonds. The number of hydrogen-bond donors (Lipinski definition) is 2. The van der Waals surface area contributed by atoms with Crippen molar-refractivity contribution in [2.24, 2.45) is 0 Å². The number of amides is 1. The molecule has 146 valence electrons. The summed E-state index contributed by atoms with van der Waals surface area (Å²) in [5, 5.41) is 12.4. The topological polar surface area (TPSA) is 101 Å². The average molecular weight is 406 g/mol. The van der Waals surface area contributed by atoms with Crippen LogP contribution in [0.1, 0.15) is 23.7 Å². The quantitative estimate of drug-likeness (QED) is 0.345. The van der Waals surface area contributed by atoms with Crippen LogP contribution in [-0.4, -0.2) is 32.6 Å². The fourth-order valence-electron chi connectivity index (χ4n) is 2.87. The van der Waals surface area contributed by atoms with Gasteiger partial charge in [-0.1, -0.05) is 30.0 Å². The second-order valence-electron chi connectivity index (χ2n) is 6.40. The first-order valence-electron chi connectivity index (χ1n) is 9.04. The van der Waals surface area contributed by atoms with E-state index in [-0.39, 0.29) is 11.7 Å². The Labute approximate surface area is 170 Å². The summed E-state index contributed by atoms with van der Waals surface area (Å²) in [6.07, 6.45) is 2.14. The van der Waals surface area contributed by atoms with E-state index in [1.165, 1.54) is 18.7 Å². The van der Waals surface area contributed by atoms with Crippen molar-refractivity contribution in [1.29, 1.82) is 0 Å². The monoisotopic (exact) mass is 406 g/mol. The molecular weight excluding hydrogens is 388 g/mol. The van der Waals surface area contributed by atoms with Crippen LogP contribution in [0.5, 0.6) is 0 Å². The lowest BCUT2D eigenvalue weighted by atomic mass is 10.1. The number of carbonyl (C=O) groups excluding carboxylic acids is 2. The normalized spacial score (nSPS) is 10.9. The van der Waals surface area contributed by atoms with Gasteiger partial charge in [0.1, 0.15) is 0 Å². The van der Waals surface area contributed by atoms with Crippen LogP contribution in [-0.2, 0) is 4.79 Å². The Balaban J connectivity index is 1.31. The number of anilines is 1. The molecule has 2 aromatic carbocycles. The van der Waals surface area contributed by atoms with Gasteiger partial charge in [0.15, 0.2) is 5.78 Å². The average Bonchev–Trinajstić information content (AvgIpc) is 3.35. The zero-order valence-electron chi connectivity index (χ0n) is 15.6. The number of hydrogen-bond acceptors (Lipinski definition) is 6. The van der Waals surface area contributed by atoms with Gasteiger partial charge in [-0.05, 0) is 37.3 Å². The van der Waals surface area contributed by atoms with Crippen molar-refractivity contribution >= 4 is 40.0 Å². The molecule has 0 saturated carbocycles. The Morgan fingerprint density at radius 2 is 1.90 bits per heavy atom. The first-order chi connectivity index (χ1) is 14.1. The van der Waals surface area contributed by atoms with Crippen molar-refractivity contribution in [2.75, 3.05) is 11.1 Å². The highest BCUT2D eigenvalue weighted by Gasteiger charge is 2.14. The molecule has 8 heteroatoms. The summed E-state index contributed by atoms with van der Waals surface area (Å²) in [6.45, 7) is 1.51. The number of benzene rings is 2. The number of para-hydroxylation sites is 1. The van der Waals surface area contributed by atoms with Crippen LogP contribution in [0.3, 0.4) is 0 Å². The molecule has 0 spiro atoms. The Morgan fingerprint density at radius 1 is 1.10 bits per heavy atom. The van der Waals surface area contributed by atoms with Crippen LogP contribution in [0.2, 0.25) is 0 Å². The Morgan fingerprint density at radius 3 is 2.69 bits per heavy atom. The third-order valence-corrected chi connectivity index (χ3v) is 5.18. The number of nitrogens with zero attached hydrogens (tertiary/aromatic N) is 2. The fourth-order valence-corrected chi connectivity index (χ4v) is 3.57. The first kappa shape index (κ1) is 18.9. The van der Waals surface area contributed by atoms with Crippen molar-refractivity contribution in [3.05, 3.63) is 60.3 Å². The fraction of sp³-hybridized carbons (Fsp3) is 0.143. The third kappa shape index (κ3) is 4.38. The zero-order valence-corrected chi connectivity index (χ0v) is 16.5. The first-order valence-corrected chi connectivity index (χ1v) is 10.0. The molecule has 0 saturated heterocycles. The number of nitrogens with one attached hydrogen (secondary N) is 2. The molecule has 0 aliphatic rings. The number of thioether (sulfide) groups is 1. The Bertz CT molecular complexity index is 1160. The molecule has 0 atom stereocenters. The van der Waals surface area contributed by atoms with Crippen molar-refractivity contribution in [1.82, 2.24) is 15.2 Å². The van der Waals surface area contributed by atoms with E-state index in [1.807, 2.05) is 30.5 Å². The lowest BCUT2D eigenvalue weighted by molar-refractivity contribution is -0.115. The molecule has 0 radical (unpaired) electrons. The van der Waals surface area contributed by atoms with E-state index in [0.29, 0.717) is 34.5 Å².